The molecule has 0 spiro atoms. The maximum absolute atomic E-state index is 11.8. The van der Waals surface area contributed by atoms with E-state index in [9.17, 15) is 4.79 Å². The Kier molecular flexibility index (Phi) is 4.38. The lowest BCUT2D eigenvalue weighted by Crippen LogP contribution is -2.48. The first-order chi connectivity index (χ1) is 10.2. The normalized spacial score (nSPS) is 15.3. The van der Waals surface area contributed by atoms with E-state index in [0.717, 1.165) is 22.8 Å². The number of thiazole rings is 1. The van der Waals surface area contributed by atoms with E-state index in [1.807, 2.05) is 29.2 Å². The fourth-order valence-electron chi connectivity index (χ4n) is 2.19. The zero-order valence-electron chi connectivity index (χ0n) is 11.3. The third kappa shape index (κ3) is 3.53. The Morgan fingerprint density at radius 1 is 1.38 bits per heavy atom. The average Bonchev–Trinajstić information content (AvgIpc) is 2.92. The van der Waals surface area contributed by atoms with Gasteiger partial charge in [-0.05, 0) is 24.3 Å². The summed E-state index contributed by atoms with van der Waals surface area (Å²) in [5.74, 6) is 0.112. The number of amides is 1. The number of anilines is 2. The first kappa shape index (κ1) is 14.3. The molecule has 0 saturated carbocycles. The zero-order valence-corrected chi connectivity index (χ0v) is 12.9. The van der Waals surface area contributed by atoms with Crippen LogP contribution in [0.2, 0.25) is 4.47 Å². The third-order valence-electron chi connectivity index (χ3n) is 3.26. The van der Waals surface area contributed by atoms with Crippen LogP contribution in [0.5, 0.6) is 0 Å². The van der Waals surface area contributed by atoms with Crippen LogP contribution in [0.25, 0.3) is 0 Å². The maximum Gasteiger partial charge on any atom is 0.240 e. The van der Waals surface area contributed by atoms with Crippen molar-refractivity contribution in [3.63, 3.8) is 0 Å². The lowest BCUT2D eigenvalue weighted by atomic mass is 10.2. The van der Waals surface area contributed by atoms with Crippen molar-refractivity contribution in [1.82, 2.24) is 10.3 Å². The lowest BCUT2D eigenvalue weighted by molar-refractivity contribution is -0.118. The van der Waals surface area contributed by atoms with Gasteiger partial charge in [0.25, 0.3) is 0 Å². The predicted octanol–water partition coefficient (Wildman–Crippen LogP) is 2.34. The number of carbonyl (C=O) groups is 1. The van der Waals surface area contributed by atoms with E-state index in [0.29, 0.717) is 24.1 Å². The summed E-state index contributed by atoms with van der Waals surface area (Å²) in [5.41, 5.74) is 1.94. The summed E-state index contributed by atoms with van der Waals surface area (Å²) < 4.78 is 0.555. The highest BCUT2D eigenvalue weighted by Crippen LogP contribution is 2.21. The Balaban J connectivity index is 1.62. The van der Waals surface area contributed by atoms with Crippen molar-refractivity contribution in [3.8, 4) is 0 Å². The molecule has 0 aliphatic carbocycles. The van der Waals surface area contributed by atoms with Crippen molar-refractivity contribution in [1.29, 1.82) is 0 Å². The van der Waals surface area contributed by atoms with E-state index >= 15 is 0 Å². The standard InChI is InChI=1S/C14H15ClN4OS/c15-14-18-8-12(21-14)7-17-10-1-3-11(4-2-10)19-6-5-16-9-13(19)20/h1-4,8,16-17H,5-7,9H2. The Bertz CT molecular complexity index is 628. The summed E-state index contributed by atoms with van der Waals surface area (Å²) in [6.45, 7) is 2.64. The first-order valence-electron chi connectivity index (χ1n) is 6.67. The molecule has 110 valence electrons. The largest absolute Gasteiger partial charge is 0.380 e. The van der Waals surface area contributed by atoms with Crippen LogP contribution in [0.3, 0.4) is 0 Å². The lowest BCUT2D eigenvalue weighted by Gasteiger charge is -2.27. The minimum Gasteiger partial charge on any atom is -0.380 e. The molecule has 2 N–H and O–H groups in total. The van der Waals surface area contributed by atoms with Gasteiger partial charge in [-0.25, -0.2) is 4.98 Å². The van der Waals surface area contributed by atoms with Crippen LogP contribution in [0, 0.1) is 0 Å². The molecular formula is C14H15ClN4OS. The average molecular weight is 323 g/mol. The van der Waals surface area contributed by atoms with Crippen LogP contribution in [-0.4, -0.2) is 30.5 Å². The van der Waals surface area contributed by atoms with E-state index < -0.39 is 0 Å². The molecule has 0 bridgehead atoms. The molecule has 7 heteroatoms. The number of halogens is 1. The van der Waals surface area contributed by atoms with Gasteiger partial charge in [0.2, 0.25) is 5.91 Å². The number of aromatic nitrogens is 1. The smallest absolute Gasteiger partial charge is 0.240 e. The zero-order chi connectivity index (χ0) is 14.7. The van der Waals surface area contributed by atoms with Crippen LogP contribution < -0.4 is 15.5 Å². The van der Waals surface area contributed by atoms with Crippen molar-refractivity contribution in [2.45, 2.75) is 6.54 Å². The van der Waals surface area contributed by atoms with Crippen LogP contribution in [0.1, 0.15) is 4.88 Å². The summed E-state index contributed by atoms with van der Waals surface area (Å²) in [4.78, 5) is 18.7. The van der Waals surface area contributed by atoms with Gasteiger partial charge < -0.3 is 15.5 Å². The predicted molar refractivity (Wildman–Crippen MR) is 86.1 cm³/mol. The molecule has 1 aromatic carbocycles. The molecule has 2 heterocycles. The van der Waals surface area contributed by atoms with Crippen LogP contribution in [-0.2, 0) is 11.3 Å². The topological polar surface area (TPSA) is 57.3 Å². The molecule has 1 saturated heterocycles. The highest BCUT2D eigenvalue weighted by molar-refractivity contribution is 7.15. The van der Waals surface area contributed by atoms with Gasteiger partial charge in [-0.15, -0.1) is 11.3 Å². The molecule has 1 amide bonds. The molecule has 2 aromatic rings. The van der Waals surface area contributed by atoms with Crippen molar-refractivity contribution >= 4 is 40.2 Å². The van der Waals surface area contributed by atoms with Crippen LogP contribution in [0.15, 0.2) is 30.5 Å². The van der Waals surface area contributed by atoms with Gasteiger partial charge in [0, 0.05) is 35.5 Å². The second kappa shape index (κ2) is 6.43. The number of piperazine rings is 1. The Hall–Kier alpha value is -1.63. The van der Waals surface area contributed by atoms with E-state index in [1.54, 1.807) is 6.20 Å². The third-order valence-corrected chi connectivity index (χ3v) is 4.38. The molecule has 0 atom stereocenters. The summed E-state index contributed by atoms with van der Waals surface area (Å²) in [5, 5.41) is 6.38. The molecular weight excluding hydrogens is 308 g/mol. The SMILES string of the molecule is O=C1CNCCN1c1ccc(NCc2cnc(Cl)s2)cc1. The Morgan fingerprint density at radius 3 is 2.86 bits per heavy atom. The summed E-state index contributed by atoms with van der Waals surface area (Å²) in [7, 11) is 0. The van der Waals surface area contributed by atoms with E-state index in [2.05, 4.69) is 15.6 Å². The molecule has 1 aliphatic heterocycles. The van der Waals surface area contributed by atoms with Gasteiger partial charge in [-0.3, -0.25) is 4.79 Å². The van der Waals surface area contributed by atoms with Gasteiger partial charge in [0.15, 0.2) is 4.47 Å². The molecule has 3 rings (SSSR count). The first-order valence-corrected chi connectivity index (χ1v) is 7.87. The number of hydrogen-bond acceptors (Lipinski definition) is 5. The monoisotopic (exact) mass is 322 g/mol. The van der Waals surface area contributed by atoms with Crippen LogP contribution in [0.4, 0.5) is 11.4 Å². The Morgan fingerprint density at radius 2 is 2.19 bits per heavy atom. The summed E-state index contributed by atoms with van der Waals surface area (Å²) in [6.07, 6.45) is 1.77. The van der Waals surface area contributed by atoms with Crippen molar-refractivity contribution < 1.29 is 4.79 Å². The number of carbonyl (C=O) groups excluding carboxylic acids is 1. The van der Waals surface area contributed by atoms with Crippen molar-refractivity contribution in [2.75, 3.05) is 29.9 Å². The van der Waals surface area contributed by atoms with E-state index in [1.165, 1.54) is 11.3 Å². The minimum atomic E-state index is 0.112. The van der Waals surface area contributed by atoms with Gasteiger partial charge in [0.1, 0.15) is 0 Å². The minimum absolute atomic E-state index is 0.112. The molecule has 1 fully saturated rings. The van der Waals surface area contributed by atoms with Crippen molar-refractivity contribution in [3.05, 3.63) is 39.8 Å². The molecule has 0 unspecified atom stereocenters. The fourth-order valence-corrected chi connectivity index (χ4v) is 3.11. The number of nitrogens with zero attached hydrogens (tertiary/aromatic N) is 2. The second-order valence-electron chi connectivity index (χ2n) is 4.70. The molecule has 1 aromatic heterocycles. The van der Waals surface area contributed by atoms with Gasteiger partial charge in [-0.2, -0.15) is 0 Å². The second-order valence-corrected chi connectivity index (χ2v) is 6.40. The molecule has 5 nitrogen and oxygen atoms in total. The van der Waals surface area contributed by atoms with Crippen molar-refractivity contribution in [2.24, 2.45) is 0 Å². The quantitative estimate of drug-likeness (QED) is 0.907. The summed E-state index contributed by atoms with van der Waals surface area (Å²) in [6, 6.07) is 7.89. The Labute approximate surface area is 131 Å². The molecule has 0 radical (unpaired) electrons. The van der Waals surface area contributed by atoms with E-state index in [-0.39, 0.29) is 5.91 Å². The van der Waals surface area contributed by atoms with Gasteiger partial charge in [0.05, 0.1) is 13.1 Å². The van der Waals surface area contributed by atoms with Gasteiger partial charge in [-0.1, -0.05) is 11.6 Å². The molecule has 1 aliphatic rings. The van der Waals surface area contributed by atoms with Gasteiger partial charge >= 0.3 is 0 Å². The maximum atomic E-state index is 11.8. The molecule has 21 heavy (non-hydrogen) atoms. The number of rotatable bonds is 4. The number of nitrogens with one attached hydrogen (secondary N) is 2. The highest BCUT2D eigenvalue weighted by Gasteiger charge is 2.18. The number of benzene rings is 1. The fraction of sp³-hybridized carbons (Fsp3) is 0.286. The highest BCUT2D eigenvalue weighted by atomic mass is 35.5. The summed E-state index contributed by atoms with van der Waals surface area (Å²) >= 11 is 7.26. The van der Waals surface area contributed by atoms with E-state index in [4.69, 9.17) is 11.6 Å². The number of hydrogen-bond donors (Lipinski definition) is 2. The van der Waals surface area contributed by atoms with Crippen LogP contribution >= 0.6 is 22.9 Å².